The second-order valence-electron chi connectivity index (χ2n) is 4.62. The normalized spacial score (nSPS) is 15.2. The summed E-state index contributed by atoms with van der Waals surface area (Å²) in [5.41, 5.74) is 0. The zero-order chi connectivity index (χ0) is 13.5. The number of benzene rings is 1. The molecule has 0 unspecified atom stereocenters. The van der Waals surface area contributed by atoms with Gasteiger partial charge in [-0.1, -0.05) is 12.1 Å². The van der Waals surface area contributed by atoms with Crippen LogP contribution in [0.5, 0.6) is 5.75 Å². The van der Waals surface area contributed by atoms with E-state index in [1.807, 2.05) is 24.3 Å². The summed E-state index contributed by atoms with van der Waals surface area (Å²) >= 11 is 3.41. The van der Waals surface area contributed by atoms with Crippen LogP contribution >= 0.6 is 28.3 Å². The predicted octanol–water partition coefficient (Wildman–Crippen LogP) is 2.51. The lowest BCUT2D eigenvalue weighted by molar-refractivity contribution is -0.122. The van der Waals surface area contributed by atoms with Crippen LogP contribution in [0.3, 0.4) is 0 Å². The molecule has 0 spiro atoms. The number of hydrogen-bond acceptors (Lipinski definition) is 3. The number of hydrogen-bond donors (Lipinski definition) is 2. The zero-order valence-electron chi connectivity index (χ0n) is 11.2. The van der Waals surface area contributed by atoms with E-state index in [2.05, 4.69) is 26.6 Å². The fourth-order valence-corrected chi connectivity index (χ4v) is 2.48. The third kappa shape index (κ3) is 5.69. The van der Waals surface area contributed by atoms with Gasteiger partial charge in [-0.25, -0.2) is 0 Å². The molecule has 4 nitrogen and oxygen atoms in total. The number of amides is 1. The number of carbonyl (C=O) groups is 1. The average Bonchev–Trinajstić information content (AvgIpc) is 2.42. The molecule has 0 atom stereocenters. The fraction of sp³-hybridized carbons (Fsp3) is 0.500. The molecule has 1 aliphatic heterocycles. The van der Waals surface area contributed by atoms with Gasteiger partial charge in [0, 0.05) is 6.04 Å². The van der Waals surface area contributed by atoms with Crippen molar-refractivity contribution in [1.29, 1.82) is 0 Å². The Bertz CT molecular complexity index is 425. The highest BCUT2D eigenvalue weighted by molar-refractivity contribution is 9.10. The molecule has 0 bridgehead atoms. The molecular formula is C14H20BrClN2O2. The fourth-order valence-electron chi connectivity index (χ4n) is 2.08. The van der Waals surface area contributed by atoms with Gasteiger partial charge in [0.05, 0.1) is 17.5 Å². The first-order valence-electron chi connectivity index (χ1n) is 6.63. The molecule has 20 heavy (non-hydrogen) atoms. The van der Waals surface area contributed by atoms with Gasteiger partial charge in [0.2, 0.25) is 5.91 Å². The number of halogens is 2. The molecular weight excluding hydrogens is 344 g/mol. The number of nitrogens with one attached hydrogen (secondary N) is 2. The minimum atomic E-state index is 0. The lowest BCUT2D eigenvalue weighted by atomic mass is 10.1. The van der Waals surface area contributed by atoms with Crippen LogP contribution in [-0.4, -0.2) is 31.6 Å². The quantitative estimate of drug-likeness (QED) is 0.845. The number of ether oxygens (including phenoxy) is 1. The van der Waals surface area contributed by atoms with E-state index < -0.39 is 0 Å². The smallest absolute Gasteiger partial charge is 0.223 e. The Morgan fingerprint density at radius 3 is 2.75 bits per heavy atom. The number of rotatable bonds is 5. The highest BCUT2D eigenvalue weighted by Gasteiger charge is 2.15. The van der Waals surface area contributed by atoms with Crippen molar-refractivity contribution in [1.82, 2.24) is 10.6 Å². The van der Waals surface area contributed by atoms with Crippen molar-refractivity contribution >= 4 is 34.2 Å². The van der Waals surface area contributed by atoms with Crippen LogP contribution in [0, 0.1) is 0 Å². The Morgan fingerprint density at radius 2 is 2.05 bits per heavy atom. The minimum Gasteiger partial charge on any atom is -0.492 e. The van der Waals surface area contributed by atoms with Crippen molar-refractivity contribution in [2.75, 3.05) is 19.7 Å². The zero-order valence-corrected chi connectivity index (χ0v) is 13.6. The van der Waals surface area contributed by atoms with Gasteiger partial charge in [-0.2, -0.15) is 0 Å². The molecule has 1 aromatic rings. The van der Waals surface area contributed by atoms with Gasteiger partial charge in [-0.3, -0.25) is 4.79 Å². The van der Waals surface area contributed by atoms with Crippen molar-refractivity contribution in [3.05, 3.63) is 28.7 Å². The maximum atomic E-state index is 11.8. The third-order valence-electron chi connectivity index (χ3n) is 3.13. The SMILES string of the molecule is Cl.O=C(CCOc1ccccc1Br)NC1CCNCC1. The summed E-state index contributed by atoms with van der Waals surface area (Å²) in [4.78, 5) is 11.8. The van der Waals surface area contributed by atoms with Gasteiger partial charge in [0.25, 0.3) is 0 Å². The van der Waals surface area contributed by atoms with Gasteiger partial charge in [0.15, 0.2) is 0 Å². The number of para-hydroxylation sites is 1. The van der Waals surface area contributed by atoms with E-state index in [-0.39, 0.29) is 18.3 Å². The highest BCUT2D eigenvalue weighted by Crippen LogP contribution is 2.23. The maximum absolute atomic E-state index is 11.8. The van der Waals surface area contributed by atoms with Crippen LogP contribution in [0.1, 0.15) is 19.3 Å². The van der Waals surface area contributed by atoms with E-state index in [1.54, 1.807) is 0 Å². The van der Waals surface area contributed by atoms with E-state index in [0.29, 0.717) is 19.1 Å². The van der Waals surface area contributed by atoms with Crippen LogP contribution in [0.2, 0.25) is 0 Å². The van der Waals surface area contributed by atoms with Gasteiger partial charge in [-0.05, 0) is 54.0 Å². The Balaban J connectivity index is 0.00000200. The number of carbonyl (C=O) groups excluding carboxylic acids is 1. The Labute approximate surface area is 134 Å². The van der Waals surface area contributed by atoms with Gasteiger partial charge < -0.3 is 15.4 Å². The van der Waals surface area contributed by atoms with Crippen LogP contribution < -0.4 is 15.4 Å². The standard InChI is InChI=1S/C14H19BrN2O2.ClH/c15-12-3-1-2-4-13(12)19-10-7-14(18)17-11-5-8-16-9-6-11;/h1-4,11,16H,5-10H2,(H,17,18);1H. The molecule has 2 N–H and O–H groups in total. The summed E-state index contributed by atoms with van der Waals surface area (Å²) in [5, 5.41) is 6.33. The molecule has 2 rings (SSSR count). The molecule has 0 radical (unpaired) electrons. The summed E-state index contributed by atoms with van der Waals surface area (Å²) in [6.45, 7) is 2.37. The van der Waals surface area contributed by atoms with Gasteiger partial charge >= 0.3 is 0 Å². The molecule has 0 aromatic heterocycles. The van der Waals surface area contributed by atoms with Crippen molar-refractivity contribution in [2.45, 2.75) is 25.3 Å². The molecule has 0 aliphatic carbocycles. The molecule has 1 amide bonds. The Hall–Kier alpha value is -0.780. The second-order valence-corrected chi connectivity index (χ2v) is 5.48. The lowest BCUT2D eigenvalue weighted by Gasteiger charge is -2.23. The molecule has 1 saturated heterocycles. The number of piperidine rings is 1. The van der Waals surface area contributed by atoms with E-state index in [0.717, 1.165) is 36.2 Å². The van der Waals surface area contributed by atoms with Crippen molar-refractivity contribution in [3.63, 3.8) is 0 Å². The van der Waals surface area contributed by atoms with Crippen LogP contribution in [0.15, 0.2) is 28.7 Å². The molecule has 1 aliphatic rings. The van der Waals surface area contributed by atoms with Crippen LogP contribution in [0.4, 0.5) is 0 Å². The topological polar surface area (TPSA) is 50.4 Å². The van der Waals surface area contributed by atoms with Gasteiger partial charge in [0.1, 0.15) is 5.75 Å². The summed E-state index contributed by atoms with van der Waals surface area (Å²) in [5.74, 6) is 0.844. The monoisotopic (exact) mass is 362 g/mol. The minimum absolute atomic E-state index is 0. The van der Waals surface area contributed by atoms with E-state index >= 15 is 0 Å². The van der Waals surface area contributed by atoms with Gasteiger partial charge in [-0.15, -0.1) is 12.4 Å². The molecule has 112 valence electrons. The molecule has 1 aromatic carbocycles. The largest absolute Gasteiger partial charge is 0.492 e. The highest BCUT2D eigenvalue weighted by atomic mass is 79.9. The van der Waals surface area contributed by atoms with E-state index in [4.69, 9.17) is 4.74 Å². The van der Waals surface area contributed by atoms with Crippen molar-refractivity contribution in [3.8, 4) is 5.75 Å². The lowest BCUT2D eigenvalue weighted by Crippen LogP contribution is -2.43. The molecule has 1 fully saturated rings. The first-order valence-corrected chi connectivity index (χ1v) is 7.42. The van der Waals surface area contributed by atoms with Crippen molar-refractivity contribution < 1.29 is 9.53 Å². The van der Waals surface area contributed by atoms with E-state index in [1.165, 1.54) is 0 Å². The molecule has 1 heterocycles. The molecule has 6 heteroatoms. The summed E-state index contributed by atoms with van der Waals surface area (Å²) in [7, 11) is 0. The predicted molar refractivity (Wildman–Crippen MR) is 85.5 cm³/mol. The first kappa shape index (κ1) is 17.3. The Morgan fingerprint density at radius 1 is 1.35 bits per heavy atom. The summed E-state index contributed by atoms with van der Waals surface area (Å²) in [6.07, 6.45) is 2.42. The summed E-state index contributed by atoms with van der Waals surface area (Å²) < 4.78 is 6.49. The Kier molecular flexibility index (Phi) is 7.95. The van der Waals surface area contributed by atoms with E-state index in [9.17, 15) is 4.79 Å². The van der Waals surface area contributed by atoms with Crippen molar-refractivity contribution in [2.24, 2.45) is 0 Å². The molecule has 0 saturated carbocycles. The van der Waals surface area contributed by atoms with Crippen LogP contribution in [-0.2, 0) is 4.79 Å². The first-order chi connectivity index (χ1) is 9.25. The second kappa shape index (κ2) is 9.21. The third-order valence-corrected chi connectivity index (χ3v) is 3.78. The maximum Gasteiger partial charge on any atom is 0.223 e. The van der Waals surface area contributed by atoms with Crippen LogP contribution in [0.25, 0.3) is 0 Å². The average molecular weight is 364 g/mol. The summed E-state index contributed by atoms with van der Waals surface area (Å²) in [6, 6.07) is 7.96.